The number of phenols is 1. The van der Waals surface area contributed by atoms with E-state index in [4.69, 9.17) is 5.11 Å². The highest BCUT2D eigenvalue weighted by Crippen LogP contribution is 2.25. The smallest absolute Gasteiger partial charge is 0.308 e. The van der Waals surface area contributed by atoms with Gasteiger partial charge >= 0.3 is 5.97 Å². The summed E-state index contributed by atoms with van der Waals surface area (Å²) < 4.78 is 13.4. The van der Waals surface area contributed by atoms with E-state index in [0.717, 1.165) is 6.07 Å². The second-order valence-electron chi connectivity index (χ2n) is 2.46. The molecule has 70 valence electrons. The second kappa shape index (κ2) is 3.74. The van der Waals surface area contributed by atoms with E-state index in [2.05, 4.69) is 15.9 Å². The maximum atomic E-state index is 13.0. The number of carboxylic acid groups (broad SMARTS) is 1. The van der Waals surface area contributed by atoms with E-state index >= 15 is 0 Å². The van der Waals surface area contributed by atoms with E-state index in [1.54, 1.807) is 0 Å². The van der Waals surface area contributed by atoms with Crippen LogP contribution in [0.5, 0.6) is 5.75 Å². The fourth-order valence-electron chi connectivity index (χ4n) is 0.916. The number of rotatable bonds is 2. The van der Waals surface area contributed by atoms with Crippen molar-refractivity contribution >= 4 is 21.9 Å². The van der Waals surface area contributed by atoms with Crippen molar-refractivity contribution in [2.24, 2.45) is 0 Å². The Morgan fingerprint density at radius 2 is 2.15 bits per heavy atom. The summed E-state index contributed by atoms with van der Waals surface area (Å²) in [5.74, 6) is -2.26. The van der Waals surface area contributed by atoms with E-state index in [0.29, 0.717) is 4.47 Å². The van der Waals surface area contributed by atoms with Gasteiger partial charge in [-0.25, -0.2) is 4.39 Å². The van der Waals surface area contributed by atoms with Gasteiger partial charge < -0.3 is 10.2 Å². The molecule has 0 unspecified atom stereocenters. The minimum Gasteiger partial charge on any atom is -0.508 e. The molecule has 1 aromatic carbocycles. The Labute approximate surface area is 81.9 Å². The molecule has 0 aliphatic rings. The molecular weight excluding hydrogens is 243 g/mol. The van der Waals surface area contributed by atoms with Crippen molar-refractivity contribution in [3.8, 4) is 5.75 Å². The third-order valence-electron chi connectivity index (χ3n) is 1.46. The number of aromatic hydroxyl groups is 1. The van der Waals surface area contributed by atoms with E-state index in [1.165, 1.54) is 6.07 Å². The molecule has 0 spiro atoms. The number of benzene rings is 1. The van der Waals surface area contributed by atoms with Gasteiger partial charge in [0.15, 0.2) is 0 Å². The number of carbonyl (C=O) groups is 1. The molecular formula is C8H6BrFO3. The van der Waals surface area contributed by atoms with Crippen LogP contribution in [-0.4, -0.2) is 16.2 Å². The van der Waals surface area contributed by atoms with Crippen LogP contribution >= 0.6 is 15.9 Å². The van der Waals surface area contributed by atoms with Gasteiger partial charge in [0.05, 0.1) is 6.42 Å². The molecule has 0 heterocycles. The van der Waals surface area contributed by atoms with Gasteiger partial charge in [-0.05, 0) is 12.1 Å². The molecule has 0 aliphatic carbocycles. The normalized spacial score (nSPS) is 10.0. The average molecular weight is 249 g/mol. The minimum absolute atomic E-state index is 0.198. The lowest BCUT2D eigenvalue weighted by Gasteiger charge is -2.03. The molecule has 0 saturated heterocycles. The number of halogens is 2. The number of phenolic OH excluding ortho intramolecular Hbond substituents is 1. The van der Waals surface area contributed by atoms with Crippen molar-refractivity contribution in [1.82, 2.24) is 0 Å². The van der Waals surface area contributed by atoms with Gasteiger partial charge in [-0.15, -0.1) is 0 Å². The Balaban J connectivity index is 3.13. The van der Waals surface area contributed by atoms with Crippen molar-refractivity contribution < 1.29 is 19.4 Å². The highest BCUT2D eigenvalue weighted by Gasteiger charge is 2.12. The lowest BCUT2D eigenvalue weighted by atomic mass is 10.1. The van der Waals surface area contributed by atoms with E-state index in [1.807, 2.05) is 0 Å². The molecule has 0 aliphatic heterocycles. The first-order chi connectivity index (χ1) is 6.00. The predicted molar refractivity (Wildman–Crippen MR) is 47.1 cm³/mol. The number of hydrogen-bond acceptors (Lipinski definition) is 2. The molecule has 0 aromatic heterocycles. The van der Waals surface area contributed by atoms with Gasteiger partial charge in [-0.2, -0.15) is 0 Å². The standard InChI is InChI=1S/C8H6BrFO3/c9-4-1-6(10)5(3-8(12)13)7(11)2-4/h1-2,11H,3H2,(H,12,13). The van der Waals surface area contributed by atoms with Crippen LogP contribution in [-0.2, 0) is 11.2 Å². The SMILES string of the molecule is O=C(O)Cc1c(O)cc(Br)cc1F. The first-order valence-corrected chi connectivity index (χ1v) is 4.18. The minimum atomic E-state index is -1.18. The Hall–Kier alpha value is -1.10. The van der Waals surface area contributed by atoms with Crippen LogP contribution in [0, 0.1) is 5.82 Å². The molecule has 0 amide bonds. The van der Waals surface area contributed by atoms with Crippen LogP contribution in [0.2, 0.25) is 0 Å². The van der Waals surface area contributed by atoms with E-state index < -0.39 is 18.2 Å². The zero-order valence-corrected chi connectivity index (χ0v) is 8.01. The summed E-state index contributed by atoms with van der Waals surface area (Å²) in [6, 6.07) is 2.36. The lowest BCUT2D eigenvalue weighted by molar-refractivity contribution is -0.136. The highest BCUT2D eigenvalue weighted by molar-refractivity contribution is 9.10. The molecule has 2 N–H and O–H groups in total. The summed E-state index contributed by atoms with van der Waals surface area (Å²) in [6.07, 6.45) is -0.523. The van der Waals surface area contributed by atoms with Crippen molar-refractivity contribution in [2.75, 3.05) is 0 Å². The summed E-state index contributed by atoms with van der Waals surface area (Å²) in [5, 5.41) is 17.6. The molecule has 5 heteroatoms. The summed E-state index contributed by atoms with van der Waals surface area (Å²) in [7, 11) is 0. The van der Waals surface area contributed by atoms with Gasteiger partial charge in [0, 0.05) is 10.0 Å². The number of aliphatic carboxylic acids is 1. The summed E-state index contributed by atoms with van der Waals surface area (Å²) >= 11 is 2.97. The van der Waals surface area contributed by atoms with Crippen LogP contribution in [0.15, 0.2) is 16.6 Å². The van der Waals surface area contributed by atoms with Gasteiger partial charge in [-0.1, -0.05) is 15.9 Å². The van der Waals surface area contributed by atoms with Gasteiger partial charge in [0.1, 0.15) is 11.6 Å². The van der Waals surface area contributed by atoms with Gasteiger partial charge in [-0.3, -0.25) is 4.79 Å². The van der Waals surface area contributed by atoms with Crippen molar-refractivity contribution in [3.05, 3.63) is 28.0 Å². The van der Waals surface area contributed by atoms with E-state index in [9.17, 15) is 14.3 Å². The lowest BCUT2D eigenvalue weighted by Crippen LogP contribution is -2.02. The fourth-order valence-corrected chi connectivity index (χ4v) is 1.33. The molecule has 0 saturated carbocycles. The molecule has 1 aromatic rings. The first kappa shape index (κ1) is 9.98. The maximum Gasteiger partial charge on any atom is 0.308 e. The topological polar surface area (TPSA) is 57.5 Å². The molecule has 13 heavy (non-hydrogen) atoms. The highest BCUT2D eigenvalue weighted by atomic mass is 79.9. The predicted octanol–water partition coefficient (Wildman–Crippen LogP) is 1.92. The van der Waals surface area contributed by atoms with E-state index in [-0.39, 0.29) is 11.3 Å². The Kier molecular flexibility index (Phi) is 2.87. The zero-order chi connectivity index (χ0) is 10.0. The van der Waals surface area contributed by atoms with Crippen LogP contribution in [0.1, 0.15) is 5.56 Å². The molecule has 1 rings (SSSR count). The molecule has 3 nitrogen and oxygen atoms in total. The van der Waals surface area contributed by atoms with Crippen LogP contribution in [0.3, 0.4) is 0 Å². The van der Waals surface area contributed by atoms with Gasteiger partial charge in [0.25, 0.3) is 0 Å². The van der Waals surface area contributed by atoms with Crippen molar-refractivity contribution in [3.63, 3.8) is 0 Å². The maximum absolute atomic E-state index is 13.0. The second-order valence-corrected chi connectivity index (χ2v) is 3.37. The number of carboxylic acids is 1. The van der Waals surface area contributed by atoms with Crippen LogP contribution in [0.4, 0.5) is 4.39 Å². The largest absolute Gasteiger partial charge is 0.508 e. The summed E-state index contributed by atoms with van der Waals surface area (Å²) in [5.41, 5.74) is -0.198. The number of hydrogen-bond donors (Lipinski definition) is 2. The van der Waals surface area contributed by atoms with Gasteiger partial charge in [0.2, 0.25) is 0 Å². The van der Waals surface area contributed by atoms with Crippen LogP contribution < -0.4 is 0 Å². The fraction of sp³-hybridized carbons (Fsp3) is 0.125. The van der Waals surface area contributed by atoms with Crippen molar-refractivity contribution in [1.29, 1.82) is 0 Å². The van der Waals surface area contributed by atoms with Crippen molar-refractivity contribution in [2.45, 2.75) is 6.42 Å². The molecule has 0 bridgehead atoms. The van der Waals surface area contributed by atoms with Crippen LogP contribution in [0.25, 0.3) is 0 Å². The molecule has 0 fully saturated rings. The molecule has 0 radical (unpaired) electrons. The Morgan fingerprint density at radius 1 is 1.54 bits per heavy atom. The third-order valence-corrected chi connectivity index (χ3v) is 1.92. The first-order valence-electron chi connectivity index (χ1n) is 3.39. The quantitative estimate of drug-likeness (QED) is 0.841. The monoisotopic (exact) mass is 248 g/mol. The summed E-state index contributed by atoms with van der Waals surface area (Å²) in [6.45, 7) is 0. The zero-order valence-electron chi connectivity index (χ0n) is 6.42. The third kappa shape index (κ3) is 2.42. The Bertz CT molecular complexity index is 328. The average Bonchev–Trinajstić information content (AvgIpc) is 1.96. The Morgan fingerprint density at radius 3 is 2.62 bits per heavy atom. The molecule has 0 atom stereocenters. The summed E-state index contributed by atoms with van der Waals surface area (Å²) in [4.78, 5) is 10.3.